The number of carbonyl (C=O) groups excluding carboxylic acids is 3. The number of benzene rings is 2. The lowest BCUT2D eigenvalue weighted by atomic mass is 9.89. The molecule has 0 radical (unpaired) electrons. The van der Waals surface area contributed by atoms with E-state index in [0.29, 0.717) is 44.3 Å². The molecule has 15 heteroatoms. The molecule has 10 nitrogen and oxygen atoms in total. The van der Waals surface area contributed by atoms with E-state index in [1.54, 1.807) is 41.1 Å². The molecule has 0 N–H and O–H groups in total. The van der Waals surface area contributed by atoms with Crippen molar-refractivity contribution in [3.63, 3.8) is 0 Å². The third-order valence-electron chi connectivity index (χ3n) is 9.58. The molecule has 50 heavy (non-hydrogen) atoms. The minimum atomic E-state index is -0.256. The van der Waals surface area contributed by atoms with Crippen LogP contribution >= 0.6 is 58.2 Å². The molecule has 272 valence electrons. The molecule has 3 aliphatic rings. The highest BCUT2D eigenvalue weighted by Crippen LogP contribution is 2.31. The Hall–Kier alpha value is -2.41. The van der Waals surface area contributed by atoms with Gasteiger partial charge < -0.3 is 29.3 Å². The Kier molecular flexibility index (Phi) is 14.3. The van der Waals surface area contributed by atoms with Crippen molar-refractivity contribution in [2.75, 3.05) is 84.6 Å². The average Bonchev–Trinajstić information content (AvgIpc) is 3.10. The van der Waals surface area contributed by atoms with Gasteiger partial charge in [0.15, 0.2) is 0 Å². The van der Waals surface area contributed by atoms with E-state index in [9.17, 15) is 14.4 Å². The van der Waals surface area contributed by atoms with Crippen molar-refractivity contribution in [3.05, 3.63) is 67.6 Å². The van der Waals surface area contributed by atoms with Crippen molar-refractivity contribution in [2.45, 2.75) is 37.6 Å². The first kappa shape index (κ1) is 38.8. The van der Waals surface area contributed by atoms with Gasteiger partial charge in [0.25, 0.3) is 5.91 Å². The molecular formula is C35H44Cl4N6O4S. The largest absolute Gasteiger partial charge is 0.399 e. The summed E-state index contributed by atoms with van der Waals surface area (Å²) in [7, 11) is 3.19. The lowest BCUT2D eigenvalue weighted by Gasteiger charge is -2.43. The topological polar surface area (TPSA) is 89.0 Å². The van der Waals surface area contributed by atoms with Gasteiger partial charge >= 0.3 is 6.03 Å². The zero-order valence-corrected chi connectivity index (χ0v) is 32.3. The fourth-order valence-electron chi connectivity index (χ4n) is 6.92. The Morgan fingerprint density at radius 3 is 2.32 bits per heavy atom. The Bertz CT molecular complexity index is 1530. The highest BCUT2D eigenvalue weighted by Gasteiger charge is 2.35. The van der Waals surface area contributed by atoms with Gasteiger partial charge in [0.2, 0.25) is 5.91 Å². The number of halogens is 4. The SMILES string of the molecule is CO/N=C(\CN(C)C(=O)c1cc(Cl)cc(Cl)c1)[C@H](CCN1CCC(N2CCCN(CC(=O)N3CCSCC3)C2=O)CC1)c1ccc(Cl)c(Cl)c1. The molecule has 0 aliphatic carbocycles. The Morgan fingerprint density at radius 2 is 1.66 bits per heavy atom. The summed E-state index contributed by atoms with van der Waals surface area (Å²) in [5, 5.41) is 6.04. The van der Waals surface area contributed by atoms with Gasteiger partial charge in [-0.1, -0.05) is 57.6 Å². The lowest BCUT2D eigenvalue weighted by Crippen LogP contribution is -2.57. The second-order valence-corrected chi connectivity index (χ2v) is 15.8. The molecule has 0 saturated carbocycles. The summed E-state index contributed by atoms with van der Waals surface area (Å²) in [5.41, 5.74) is 1.94. The number of amides is 4. The summed E-state index contributed by atoms with van der Waals surface area (Å²) in [5.74, 6) is 1.47. The highest BCUT2D eigenvalue weighted by molar-refractivity contribution is 7.99. The van der Waals surface area contributed by atoms with Gasteiger partial charge in [0, 0.05) is 85.4 Å². The predicted molar refractivity (Wildman–Crippen MR) is 203 cm³/mol. The van der Waals surface area contributed by atoms with Gasteiger partial charge in [0.1, 0.15) is 13.7 Å². The van der Waals surface area contributed by atoms with Crippen molar-refractivity contribution < 1.29 is 19.2 Å². The van der Waals surface area contributed by atoms with E-state index in [0.717, 1.165) is 75.6 Å². The number of piperidine rings is 1. The average molecular weight is 787 g/mol. The lowest BCUT2D eigenvalue weighted by molar-refractivity contribution is -0.131. The van der Waals surface area contributed by atoms with E-state index >= 15 is 0 Å². The highest BCUT2D eigenvalue weighted by atomic mass is 35.5. The van der Waals surface area contributed by atoms with Crippen LogP contribution in [0.2, 0.25) is 20.1 Å². The molecule has 0 spiro atoms. The first-order valence-electron chi connectivity index (χ1n) is 16.9. The van der Waals surface area contributed by atoms with Crippen molar-refractivity contribution in [2.24, 2.45) is 5.16 Å². The molecule has 3 heterocycles. The van der Waals surface area contributed by atoms with Crippen LogP contribution in [-0.2, 0) is 9.63 Å². The molecular weight excluding hydrogens is 742 g/mol. The molecule has 0 bridgehead atoms. The predicted octanol–water partition coefficient (Wildman–Crippen LogP) is 6.72. The maximum Gasteiger partial charge on any atom is 0.320 e. The molecule has 3 saturated heterocycles. The van der Waals surface area contributed by atoms with Crippen molar-refractivity contribution in [1.82, 2.24) is 24.5 Å². The van der Waals surface area contributed by atoms with E-state index in [4.69, 9.17) is 51.2 Å². The number of oxime groups is 1. The maximum absolute atomic E-state index is 13.5. The Morgan fingerprint density at radius 1 is 0.960 bits per heavy atom. The van der Waals surface area contributed by atoms with Crippen LogP contribution in [0, 0.1) is 0 Å². The van der Waals surface area contributed by atoms with Gasteiger partial charge in [-0.05, 0) is 68.1 Å². The second-order valence-electron chi connectivity index (χ2n) is 12.9. The van der Waals surface area contributed by atoms with E-state index in [-0.39, 0.29) is 42.9 Å². The van der Waals surface area contributed by atoms with Crippen LogP contribution in [0.1, 0.15) is 47.5 Å². The number of urea groups is 1. The van der Waals surface area contributed by atoms with Crippen LogP contribution in [0.3, 0.4) is 0 Å². The van der Waals surface area contributed by atoms with Gasteiger partial charge in [0.05, 0.1) is 22.3 Å². The molecule has 4 amide bonds. The van der Waals surface area contributed by atoms with Crippen LogP contribution in [-0.4, -0.2) is 139 Å². The van der Waals surface area contributed by atoms with Crippen LogP contribution in [0.5, 0.6) is 0 Å². The summed E-state index contributed by atoms with van der Waals surface area (Å²) in [6.07, 6.45) is 3.26. The summed E-state index contributed by atoms with van der Waals surface area (Å²) in [6, 6.07) is 10.4. The monoisotopic (exact) mass is 784 g/mol. The molecule has 0 unspecified atom stereocenters. The zero-order valence-electron chi connectivity index (χ0n) is 28.5. The summed E-state index contributed by atoms with van der Waals surface area (Å²) in [6.45, 7) is 5.62. The molecule has 2 aromatic carbocycles. The number of nitrogens with zero attached hydrogens (tertiary/aromatic N) is 6. The third-order valence-corrected chi connectivity index (χ3v) is 11.7. The van der Waals surface area contributed by atoms with E-state index in [1.165, 1.54) is 7.11 Å². The molecule has 3 fully saturated rings. The fourth-order valence-corrected chi connectivity index (χ4v) is 8.66. The number of carbonyl (C=O) groups is 3. The van der Waals surface area contributed by atoms with Crippen LogP contribution < -0.4 is 0 Å². The molecule has 2 aromatic rings. The van der Waals surface area contributed by atoms with E-state index in [2.05, 4.69) is 10.1 Å². The summed E-state index contributed by atoms with van der Waals surface area (Å²) >= 11 is 27.0. The smallest absolute Gasteiger partial charge is 0.320 e. The number of rotatable bonds is 12. The standard InChI is InChI=1S/C35H44Cl4N6O4S/c1-41(34(47)25-18-26(36)21-27(37)19-25)22-32(40-49-2)29(24-4-5-30(38)31(39)20-24)8-13-42-11-6-28(7-12-42)45-10-3-9-44(35(45)48)23-33(46)43-14-16-50-17-15-43/h4-5,18-21,28-29H,3,6-17,22-23H2,1-2H3/b40-32+/t29-/m1/s1. The number of hydrogen-bond donors (Lipinski definition) is 0. The maximum atomic E-state index is 13.5. The minimum absolute atomic E-state index is 0.0201. The van der Waals surface area contributed by atoms with Crippen molar-refractivity contribution in [3.8, 4) is 0 Å². The normalized spacial score (nSPS) is 18.7. The minimum Gasteiger partial charge on any atom is -0.399 e. The summed E-state index contributed by atoms with van der Waals surface area (Å²) < 4.78 is 0. The van der Waals surface area contributed by atoms with Crippen molar-refractivity contribution in [1.29, 1.82) is 0 Å². The van der Waals surface area contributed by atoms with Crippen molar-refractivity contribution >= 4 is 81.7 Å². The number of hydrogen-bond acceptors (Lipinski definition) is 7. The van der Waals surface area contributed by atoms with Crippen LogP contribution in [0.25, 0.3) is 0 Å². The van der Waals surface area contributed by atoms with Gasteiger partial charge in [-0.2, -0.15) is 11.8 Å². The fraction of sp³-hybridized carbons (Fsp3) is 0.543. The van der Waals surface area contributed by atoms with Crippen LogP contribution in [0.4, 0.5) is 4.79 Å². The number of likely N-dealkylation sites (tertiary alicyclic amines) is 1. The summed E-state index contributed by atoms with van der Waals surface area (Å²) in [4.78, 5) is 54.7. The molecule has 0 aromatic heterocycles. The van der Waals surface area contributed by atoms with E-state index < -0.39 is 0 Å². The first-order valence-corrected chi connectivity index (χ1v) is 19.6. The quantitative estimate of drug-likeness (QED) is 0.176. The zero-order chi connectivity index (χ0) is 35.8. The van der Waals surface area contributed by atoms with Crippen LogP contribution in [0.15, 0.2) is 41.6 Å². The molecule has 5 rings (SSSR count). The molecule has 3 aliphatic heterocycles. The van der Waals surface area contributed by atoms with Gasteiger partial charge in [-0.15, -0.1) is 0 Å². The first-order chi connectivity index (χ1) is 24.0. The third kappa shape index (κ3) is 10.1. The van der Waals surface area contributed by atoms with E-state index in [1.807, 2.05) is 33.7 Å². The second kappa shape index (κ2) is 18.4. The molecule has 1 atom stereocenters. The van der Waals surface area contributed by atoms with Gasteiger partial charge in [-0.25, -0.2) is 4.79 Å². The Balaban J connectivity index is 1.22. The Labute approximate surface area is 318 Å². The van der Waals surface area contributed by atoms with Gasteiger partial charge in [-0.3, -0.25) is 9.59 Å². The number of thioether (sulfide) groups is 1.